The molecule has 6 heteroatoms. The topological polar surface area (TPSA) is 70.1 Å². The van der Waals surface area contributed by atoms with E-state index in [4.69, 9.17) is 4.42 Å². The van der Waals surface area contributed by atoms with Crippen molar-refractivity contribution in [3.05, 3.63) is 94.5 Å². The summed E-state index contributed by atoms with van der Waals surface area (Å²) in [6.07, 6.45) is 2.54. The van der Waals surface area contributed by atoms with Gasteiger partial charge in [-0.25, -0.2) is 0 Å². The number of hydrogen-bond acceptors (Lipinski definition) is 4. The van der Waals surface area contributed by atoms with Crippen LogP contribution in [0.2, 0.25) is 0 Å². The monoisotopic (exact) mass is 457 g/mol. The highest BCUT2D eigenvalue weighted by Gasteiger charge is 2.35. The lowest BCUT2D eigenvalue weighted by molar-refractivity contribution is -0.127. The van der Waals surface area contributed by atoms with Gasteiger partial charge in [-0.05, 0) is 60.0 Å². The maximum atomic E-state index is 13.6. The second kappa shape index (κ2) is 8.89. The predicted molar refractivity (Wildman–Crippen MR) is 134 cm³/mol. The first-order valence-electron chi connectivity index (χ1n) is 11.1. The summed E-state index contributed by atoms with van der Waals surface area (Å²) in [5.41, 5.74) is 3.29. The van der Waals surface area contributed by atoms with E-state index in [1.165, 1.54) is 0 Å². The third-order valence-corrected chi connectivity index (χ3v) is 6.94. The van der Waals surface area contributed by atoms with Crippen LogP contribution < -0.4 is 10.6 Å². The average Bonchev–Trinajstić information content (AvgIpc) is 3.57. The molecule has 0 radical (unpaired) electrons. The number of nitrogens with one attached hydrogen (secondary N) is 3. The molecular weight excluding hydrogens is 430 g/mol. The zero-order valence-corrected chi connectivity index (χ0v) is 19.5. The van der Waals surface area contributed by atoms with Crippen molar-refractivity contribution >= 4 is 39.1 Å². The van der Waals surface area contributed by atoms with Gasteiger partial charge in [0, 0.05) is 28.9 Å². The lowest BCUT2D eigenvalue weighted by atomic mass is 9.90. The molecule has 0 aliphatic rings. The van der Waals surface area contributed by atoms with Crippen molar-refractivity contribution in [3.8, 4) is 0 Å². The molecule has 2 atom stereocenters. The number of benzene rings is 2. The third-order valence-electron chi connectivity index (χ3n) is 6.24. The minimum atomic E-state index is -0.839. The molecule has 0 saturated heterocycles. The van der Waals surface area contributed by atoms with E-state index in [0.29, 0.717) is 13.0 Å². The summed E-state index contributed by atoms with van der Waals surface area (Å²) in [7, 11) is 0. The van der Waals surface area contributed by atoms with Gasteiger partial charge in [0.15, 0.2) is 0 Å². The fraction of sp³-hybridized carbons (Fsp3) is 0.222. The largest absolute Gasteiger partial charge is 0.460 e. The number of aromatic amines is 1. The number of fused-ring (bicyclic) bond motifs is 2. The first-order chi connectivity index (χ1) is 16.0. The van der Waals surface area contributed by atoms with Gasteiger partial charge < -0.3 is 14.7 Å². The Morgan fingerprint density at radius 1 is 1.15 bits per heavy atom. The highest BCUT2D eigenvalue weighted by molar-refractivity contribution is 7.08. The highest BCUT2D eigenvalue weighted by atomic mass is 32.1. The number of aromatic nitrogens is 1. The van der Waals surface area contributed by atoms with E-state index < -0.39 is 5.54 Å². The Morgan fingerprint density at radius 3 is 2.79 bits per heavy atom. The number of hydrogen-bond donors (Lipinski definition) is 3. The highest BCUT2D eigenvalue weighted by Crippen LogP contribution is 2.25. The van der Waals surface area contributed by atoms with Gasteiger partial charge in [-0.1, -0.05) is 36.4 Å². The van der Waals surface area contributed by atoms with Crippen molar-refractivity contribution in [2.75, 3.05) is 0 Å². The molecule has 0 aliphatic heterocycles. The number of para-hydroxylation sites is 2. The van der Waals surface area contributed by atoms with Crippen molar-refractivity contribution < 1.29 is 9.21 Å². The molecule has 5 aromatic rings. The van der Waals surface area contributed by atoms with Gasteiger partial charge in [0.25, 0.3) is 0 Å². The van der Waals surface area contributed by atoms with Gasteiger partial charge in [-0.2, -0.15) is 11.3 Å². The van der Waals surface area contributed by atoms with Crippen molar-refractivity contribution in [2.24, 2.45) is 0 Å². The Kier molecular flexibility index (Phi) is 5.79. The predicted octanol–water partition coefficient (Wildman–Crippen LogP) is 5.94. The number of H-pyrrole nitrogens is 1. The van der Waals surface area contributed by atoms with Crippen LogP contribution in [0.25, 0.3) is 21.9 Å². The van der Waals surface area contributed by atoms with Crippen LogP contribution >= 0.6 is 11.3 Å². The van der Waals surface area contributed by atoms with Gasteiger partial charge in [-0.15, -0.1) is 0 Å². The molecule has 168 valence electrons. The Labute approximate surface area is 196 Å². The molecule has 3 N–H and O–H groups in total. The summed E-state index contributed by atoms with van der Waals surface area (Å²) in [5, 5.41) is 13.0. The molecule has 33 heavy (non-hydrogen) atoms. The molecule has 5 nitrogen and oxygen atoms in total. The maximum Gasteiger partial charge on any atom is 0.240 e. The minimum absolute atomic E-state index is 0.0393. The van der Waals surface area contributed by atoms with Crippen LogP contribution in [0.15, 0.2) is 82.0 Å². The Balaban J connectivity index is 1.41. The number of amides is 1. The smallest absolute Gasteiger partial charge is 0.240 e. The van der Waals surface area contributed by atoms with Crippen LogP contribution in [0.4, 0.5) is 0 Å². The second-order valence-corrected chi connectivity index (χ2v) is 9.50. The van der Waals surface area contributed by atoms with Gasteiger partial charge in [0.2, 0.25) is 5.91 Å². The fourth-order valence-electron chi connectivity index (χ4n) is 4.25. The maximum absolute atomic E-state index is 13.6. The minimum Gasteiger partial charge on any atom is -0.460 e. The number of carbonyl (C=O) groups excluding carboxylic acids is 1. The van der Waals surface area contributed by atoms with Crippen molar-refractivity contribution in [2.45, 2.75) is 38.4 Å². The Hall–Kier alpha value is -3.35. The molecule has 1 amide bonds. The zero-order valence-electron chi connectivity index (χ0n) is 18.7. The SMILES string of the molecule is CC(NC(=O)C(C)(Cc1c[nH]c2ccccc12)NCc1cc2ccccc2o1)c1ccsc1. The summed E-state index contributed by atoms with van der Waals surface area (Å²) >= 11 is 1.63. The van der Waals surface area contributed by atoms with E-state index >= 15 is 0 Å². The number of furan rings is 1. The molecule has 0 saturated carbocycles. The summed E-state index contributed by atoms with van der Waals surface area (Å²) < 4.78 is 5.99. The first-order valence-corrected chi connectivity index (χ1v) is 12.1. The summed E-state index contributed by atoms with van der Waals surface area (Å²) in [6, 6.07) is 20.1. The summed E-state index contributed by atoms with van der Waals surface area (Å²) in [4.78, 5) is 16.9. The summed E-state index contributed by atoms with van der Waals surface area (Å²) in [5.74, 6) is 0.766. The van der Waals surface area contributed by atoms with E-state index in [9.17, 15) is 4.79 Å². The molecule has 0 fully saturated rings. The first kappa shape index (κ1) is 21.5. The number of thiophene rings is 1. The van der Waals surface area contributed by atoms with Gasteiger partial charge in [-0.3, -0.25) is 10.1 Å². The molecule has 5 rings (SSSR count). The molecular formula is C27H27N3O2S. The van der Waals surface area contributed by atoms with Crippen LogP contribution in [-0.4, -0.2) is 16.4 Å². The van der Waals surface area contributed by atoms with Crippen LogP contribution in [0.1, 0.15) is 36.8 Å². The average molecular weight is 458 g/mol. The standard InChI is InChI=1S/C27H27N3O2S/c1-18(20-11-12-33-17-20)30-26(31)27(2,14-21-15-28-24-9-5-4-8-23(21)24)29-16-22-13-19-7-3-6-10-25(19)32-22/h3-13,15,17-18,28-29H,14,16H2,1-2H3,(H,30,31). The number of carbonyl (C=O) groups is 1. The molecule has 0 aliphatic carbocycles. The van der Waals surface area contributed by atoms with E-state index in [-0.39, 0.29) is 11.9 Å². The van der Waals surface area contributed by atoms with Crippen LogP contribution in [-0.2, 0) is 17.8 Å². The van der Waals surface area contributed by atoms with Gasteiger partial charge in [0.1, 0.15) is 11.3 Å². The molecule has 3 heterocycles. The quantitative estimate of drug-likeness (QED) is 0.270. The molecule has 2 aromatic carbocycles. The second-order valence-electron chi connectivity index (χ2n) is 8.72. The van der Waals surface area contributed by atoms with Crippen LogP contribution in [0.5, 0.6) is 0 Å². The Morgan fingerprint density at radius 2 is 1.97 bits per heavy atom. The summed E-state index contributed by atoms with van der Waals surface area (Å²) in [6.45, 7) is 4.44. The molecule has 0 bridgehead atoms. The Bertz CT molecular complexity index is 1350. The fourth-order valence-corrected chi connectivity index (χ4v) is 5.00. The molecule has 0 spiro atoms. The van der Waals surface area contributed by atoms with Gasteiger partial charge >= 0.3 is 0 Å². The molecule has 2 unspecified atom stereocenters. The van der Waals surface area contributed by atoms with Crippen molar-refractivity contribution in [1.29, 1.82) is 0 Å². The lowest BCUT2D eigenvalue weighted by Crippen LogP contribution is -2.56. The van der Waals surface area contributed by atoms with Crippen molar-refractivity contribution in [1.82, 2.24) is 15.6 Å². The van der Waals surface area contributed by atoms with E-state index in [1.54, 1.807) is 11.3 Å². The molecule has 3 aromatic heterocycles. The normalized spacial score (nSPS) is 14.4. The van der Waals surface area contributed by atoms with Gasteiger partial charge in [0.05, 0.1) is 18.1 Å². The van der Waals surface area contributed by atoms with E-state index in [0.717, 1.165) is 38.8 Å². The van der Waals surface area contributed by atoms with Crippen molar-refractivity contribution in [3.63, 3.8) is 0 Å². The number of rotatable bonds is 8. The van der Waals surface area contributed by atoms with Crippen LogP contribution in [0, 0.1) is 0 Å². The lowest BCUT2D eigenvalue weighted by Gasteiger charge is -2.31. The third kappa shape index (κ3) is 4.45. The van der Waals surface area contributed by atoms with Crippen LogP contribution in [0.3, 0.4) is 0 Å². The zero-order chi connectivity index (χ0) is 22.8. The van der Waals surface area contributed by atoms with E-state index in [1.807, 2.05) is 67.9 Å². The van der Waals surface area contributed by atoms with E-state index in [2.05, 4.69) is 39.2 Å².